The normalized spacial score (nSPS) is 16.0. The Kier molecular flexibility index (Phi) is 6.97. The van der Waals surface area contributed by atoms with Gasteiger partial charge < -0.3 is 9.74 Å². The molecule has 0 unspecified atom stereocenters. The molecule has 0 fully saturated rings. The Hall–Kier alpha value is -2.04. The average molecular weight is 419 g/mol. The summed E-state index contributed by atoms with van der Waals surface area (Å²) in [6, 6.07) is 15.1. The van der Waals surface area contributed by atoms with Crippen LogP contribution in [-0.4, -0.2) is 29.2 Å². The van der Waals surface area contributed by atoms with Gasteiger partial charge in [0, 0.05) is 29.4 Å². The number of halogens is 2. The number of benzene rings is 2. The first-order valence-electron chi connectivity index (χ1n) is 9.41. The van der Waals surface area contributed by atoms with Gasteiger partial charge in [0.05, 0.1) is 12.3 Å². The van der Waals surface area contributed by atoms with Gasteiger partial charge in [0.2, 0.25) is 5.91 Å². The van der Waals surface area contributed by atoms with Crippen LogP contribution in [-0.2, 0) is 16.2 Å². The van der Waals surface area contributed by atoms with Crippen LogP contribution in [0.5, 0.6) is 0 Å². The Balaban J connectivity index is 1.67. The van der Waals surface area contributed by atoms with Gasteiger partial charge in [0.1, 0.15) is 0 Å². The molecule has 148 valence electrons. The Labute approximate surface area is 176 Å². The van der Waals surface area contributed by atoms with E-state index in [1.807, 2.05) is 67.3 Å². The molecule has 0 aromatic heterocycles. The zero-order valence-electron chi connectivity index (χ0n) is 16.1. The van der Waals surface area contributed by atoms with E-state index in [9.17, 15) is 4.79 Å². The van der Waals surface area contributed by atoms with E-state index in [1.54, 1.807) is 0 Å². The first-order valence-corrected chi connectivity index (χ1v) is 10.2. The number of nitrogens with zero attached hydrogens (tertiary/aromatic N) is 2. The summed E-state index contributed by atoms with van der Waals surface area (Å²) in [6.45, 7) is 5.08. The Morgan fingerprint density at radius 3 is 2.61 bits per heavy atom. The number of hydrogen-bond donors (Lipinski definition) is 0. The number of amides is 1. The maximum absolute atomic E-state index is 12.8. The quantitative estimate of drug-likeness (QED) is 0.590. The lowest BCUT2D eigenvalue weighted by molar-refractivity contribution is -0.134. The number of hydrogen-bond acceptors (Lipinski definition) is 3. The Morgan fingerprint density at radius 2 is 1.93 bits per heavy atom. The van der Waals surface area contributed by atoms with Crippen LogP contribution in [0.2, 0.25) is 10.0 Å². The topological polar surface area (TPSA) is 41.9 Å². The van der Waals surface area contributed by atoms with Gasteiger partial charge >= 0.3 is 0 Å². The maximum Gasteiger partial charge on any atom is 0.223 e. The fourth-order valence-corrected chi connectivity index (χ4v) is 3.51. The molecule has 1 amide bonds. The molecule has 0 bridgehead atoms. The second kappa shape index (κ2) is 9.44. The molecule has 2 aromatic carbocycles. The van der Waals surface area contributed by atoms with E-state index in [2.05, 4.69) is 5.16 Å². The molecule has 2 aromatic rings. The predicted molar refractivity (Wildman–Crippen MR) is 114 cm³/mol. The molecule has 0 saturated heterocycles. The zero-order chi connectivity index (χ0) is 20.1. The molecule has 6 heteroatoms. The Morgan fingerprint density at radius 1 is 1.18 bits per heavy atom. The molecule has 3 rings (SSSR count). The highest BCUT2D eigenvalue weighted by atomic mass is 35.5. The lowest BCUT2D eigenvalue weighted by Crippen LogP contribution is -2.37. The van der Waals surface area contributed by atoms with Gasteiger partial charge in [-0.05, 0) is 41.3 Å². The predicted octanol–water partition coefficient (Wildman–Crippen LogP) is 5.56. The molecular formula is C22H24Cl2N2O2. The van der Waals surface area contributed by atoms with Crippen molar-refractivity contribution < 1.29 is 9.63 Å². The minimum Gasteiger partial charge on any atom is -0.390 e. The molecule has 0 saturated carbocycles. The van der Waals surface area contributed by atoms with Gasteiger partial charge in [-0.15, -0.1) is 0 Å². The number of oxime groups is 1. The molecular weight excluding hydrogens is 395 g/mol. The molecule has 1 heterocycles. The summed E-state index contributed by atoms with van der Waals surface area (Å²) < 4.78 is 0. The van der Waals surface area contributed by atoms with Crippen LogP contribution in [0.15, 0.2) is 53.7 Å². The van der Waals surface area contributed by atoms with Crippen LogP contribution >= 0.6 is 23.2 Å². The van der Waals surface area contributed by atoms with Crippen LogP contribution in [0.4, 0.5) is 0 Å². The van der Waals surface area contributed by atoms with Gasteiger partial charge in [0.15, 0.2) is 6.10 Å². The highest BCUT2D eigenvalue weighted by molar-refractivity contribution is 6.31. The summed E-state index contributed by atoms with van der Waals surface area (Å²) in [7, 11) is 0. The fourth-order valence-electron chi connectivity index (χ4n) is 3.17. The minimum absolute atomic E-state index is 0.110. The van der Waals surface area contributed by atoms with E-state index < -0.39 is 0 Å². The van der Waals surface area contributed by atoms with E-state index in [1.165, 1.54) is 0 Å². The van der Waals surface area contributed by atoms with Crippen LogP contribution < -0.4 is 0 Å². The second-order valence-electron chi connectivity index (χ2n) is 7.48. The molecule has 0 N–H and O–H groups in total. The third-order valence-electron chi connectivity index (χ3n) is 4.53. The second-order valence-corrected chi connectivity index (χ2v) is 8.35. The van der Waals surface area contributed by atoms with Crippen molar-refractivity contribution in [1.29, 1.82) is 0 Å². The molecule has 1 atom stereocenters. The van der Waals surface area contributed by atoms with Crippen molar-refractivity contribution in [3.05, 3.63) is 69.7 Å². The van der Waals surface area contributed by atoms with Crippen molar-refractivity contribution in [3.8, 4) is 0 Å². The summed E-state index contributed by atoms with van der Waals surface area (Å²) in [5.41, 5.74) is 2.86. The van der Waals surface area contributed by atoms with Crippen LogP contribution in [0, 0.1) is 5.92 Å². The van der Waals surface area contributed by atoms with E-state index in [4.69, 9.17) is 28.0 Å². The molecule has 0 aliphatic carbocycles. The van der Waals surface area contributed by atoms with E-state index in [0.29, 0.717) is 41.9 Å². The van der Waals surface area contributed by atoms with Gasteiger partial charge in [-0.3, -0.25) is 4.79 Å². The molecule has 0 spiro atoms. The van der Waals surface area contributed by atoms with Crippen molar-refractivity contribution in [2.24, 2.45) is 11.1 Å². The summed E-state index contributed by atoms with van der Waals surface area (Å²) in [5.74, 6) is 0.401. The SMILES string of the molecule is CC(C)CC(=O)N(Cc1cccc(Cl)c1)C[C@@H]1CC(c2ccc(Cl)cc2)=NO1. The smallest absolute Gasteiger partial charge is 0.223 e. The third kappa shape index (κ3) is 5.73. The van der Waals surface area contributed by atoms with Crippen molar-refractivity contribution in [1.82, 2.24) is 4.90 Å². The first kappa shape index (κ1) is 20.7. The van der Waals surface area contributed by atoms with E-state index in [-0.39, 0.29) is 12.0 Å². The maximum atomic E-state index is 12.8. The molecule has 28 heavy (non-hydrogen) atoms. The van der Waals surface area contributed by atoms with Crippen molar-refractivity contribution in [2.45, 2.75) is 39.3 Å². The summed E-state index contributed by atoms with van der Waals surface area (Å²) in [4.78, 5) is 20.3. The lowest BCUT2D eigenvalue weighted by atomic mass is 10.0. The third-order valence-corrected chi connectivity index (χ3v) is 5.02. The number of carbonyl (C=O) groups excluding carboxylic acids is 1. The standard InChI is InChI=1S/C22H24Cl2N2O2/c1-15(2)10-22(27)26(13-16-4-3-5-19(24)11-16)14-20-12-21(25-28-20)17-6-8-18(23)9-7-17/h3-9,11,15,20H,10,12-14H2,1-2H3/t20-/m0/s1. The number of rotatable bonds is 7. The van der Waals surface area contributed by atoms with Gasteiger partial charge in [0.25, 0.3) is 0 Å². The molecule has 1 aliphatic rings. The van der Waals surface area contributed by atoms with Gasteiger partial charge in [-0.1, -0.05) is 66.5 Å². The van der Waals surface area contributed by atoms with Crippen LogP contribution in [0.1, 0.15) is 37.8 Å². The highest BCUT2D eigenvalue weighted by Crippen LogP contribution is 2.21. The number of carbonyl (C=O) groups is 1. The summed E-state index contributed by atoms with van der Waals surface area (Å²) >= 11 is 12.1. The molecule has 0 radical (unpaired) electrons. The average Bonchev–Trinajstić information content (AvgIpc) is 3.10. The highest BCUT2D eigenvalue weighted by Gasteiger charge is 2.27. The lowest BCUT2D eigenvalue weighted by Gasteiger charge is -2.26. The van der Waals surface area contributed by atoms with Crippen LogP contribution in [0.25, 0.3) is 0 Å². The van der Waals surface area contributed by atoms with E-state index >= 15 is 0 Å². The molecule has 4 nitrogen and oxygen atoms in total. The van der Waals surface area contributed by atoms with E-state index in [0.717, 1.165) is 16.8 Å². The first-order chi connectivity index (χ1) is 13.4. The minimum atomic E-state index is -0.166. The van der Waals surface area contributed by atoms with Crippen molar-refractivity contribution in [3.63, 3.8) is 0 Å². The van der Waals surface area contributed by atoms with Gasteiger partial charge in [-0.2, -0.15) is 0 Å². The van der Waals surface area contributed by atoms with Crippen LogP contribution in [0.3, 0.4) is 0 Å². The largest absolute Gasteiger partial charge is 0.390 e. The molecule has 1 aliphatic heterocycles. The van der Waals surface area contributed by atoms with Crippen molar-refractivity contribution in [2.75, 3.05) is 6.54 Å². The monoisotopic (exact) mass is 418 g/mol. The zero-order valence-corrected chi connectivity index (χ0v) is 17.6. The van der Waals surface area contributed by atoms with Crippen molar-refractivity contribution >= 4 is 34.8 Å². The summed E-state index contributed by atoms with van der Waals surface area (Å²) in [6.07, 6.45) is 0.988. The van der Waals surface area contributed by atoms with Gasteiger partial charge in [-0.25, -0.2) is 0 Å². The Bertz CT molecular complexity index is 850. The fraction of sp³-hybridized carbons (Fsp3) is 0.364. The summed E-state index contributed by atoms with van der Waals surface area (Å²) in [5, 5.41) is 5.58.